The Morgan fingerprint density at radius 1 is 1.25 bits per heavy atom. The van der Waals surface area contributed by atoms with E-state index in [4.69, 9.17) is 10.3 Å². The van der Waals surface area contributed by atoms with Gasteiger partial charge in [0.1, 0.15) is 0 Å². The fourth-order valence-corrected chi connectivity index (χ4v) is 1.73. The molecule has 0 aliphatic heterocycles. The molecule has 7 heteroatoms. The zero-order chi connectivity index (χ0) is 13.9. The van der Waals surface area contributed by atoms with Crippen molar-refractivity contribution in [3.8, 4) is 11.3 Å². The lowest BCUT2D eigenvalue weighted by molar-refractivity contribution is 0.0973. The van der Waals surface area contributed by atoms with Crippen LogP contribution in [0.5, 0.6) is 0 Å². The molecule has 0 atom stereocenters. The molecule has 0 saturated heterocycles. The summed E-state index contributed by atoms with van der Waals surface area (Å²) in [5.41, 5.74) is 9.91. The Kier molecular flexibility index (Phi) is 2.92. The summed E-state index contributed by atoms with van der Waals surface area (Å²) in [5, 5.41) is 3.47. The minimum atomic E-state index is -0.453. The predicted molar refractivity (Wildman–Crippen MR) is 72.3 cm³/mol. The van der Waals surface area contributed by atoms with Crippen molar-refractivity contribution in [1.82, 2.24) is 14.8 Å². The normalized spacial score (nSPS) is 10.4. The first kappa shape index (κ1) is 12.0. The predicted octanol–water partition coefficient (Wildman–Crippen LogP) is 1.50. The highest BCUT2D eigenvalue weighted by atomic mass is 16.5. The number of benzene rings is 1. The van der Waals surface area contributed by atoms with Gasteiger partial charge in [-0.1, -0.05) is 35.5 Å². The van der Waals surface area contributed by atoms with Crippen LogP contribution in [0.25, 0.3) is 11.3 Å². The van der Waals surface area contributed by atoms with Gasteiger partial charge in [-0.3, -0.25) is 10.2 Å². The van der Waals surface area contributed by atoms with Gasteiger partial charge in [0.15, 0.2) is 0 Å². The number of hydrogen-bond acceptors (Lipinski definition) is 5. The molecule has 0 fully saturated rings. The zero-order valence-electron chi connectivity index (χ0n) is 10.4. The van der Waals surface area contributed by atoms with E-state index in [1.54, 1.807) is 6.20 Å². The molecule has 3 aromatic rings. The lowest BCUT2D eigenvalue weighted by Crippen LogP contribution is -2.23. The van der Waals surface area contributed by atoms with E-state index in [0.29, 0.717) is 5.69 Å². The molecule has 1 amide bonds. The maximum atomic E-state index is 11.8. The van der Waals surface area contributed by atoms with Crippen LogP contribution in [0.4, 0.5) is 5.95 Å². The number of aromatic nitrogens is 3. The Morgan fingerprint density at radius 3 is 2.75 bits per heavy atom. The van der Waals surface area contributed by atoms with E-state index < -0.39 is 5.91 Å². The average Bonchev–Trinajstić information content (AvgIpc) is 3.10. The Morgan fingerprint density at radius 2 is 2.05 bits per heavy atom. The van der Waals surface area contributed by atoms with E-state index in [0.717, 1.165) is 5.56 Å². The summed E-state index contributed by atoms with van der Waals surface area (Å²) >= 11 is 0. The van der Waals surface area contributed by atoms with Gasteiger partial charge in [0.2, 0.25) is 11.7 Å². The van der Waals surface area contributed by atoms with Crippen LogP contribution in [0.2, 0.25) is 0 Å². The molecular formula is C13H11N5O2. The number of carbonyl (C=O) groups is 1. The number of rotatable bonds is 3. The monoisotopic (exact) mass is 269 g/mol. The summed E-state index contributed by atoms with van der Waals surface area (Å²) in [6, 6.07) is 11.0. The van der Waals surface area contributed by atoms with E-state index >= 15 is 0 Å². The molecule has 0 aliphatic rings. The Bertz CT molecular complexity index is 719. The van der Waals surface area contributed by atoms with Gasteiger partial charge in [-0.2, -0.15) is 0 Å². The fraction of sp³-hybridized carbons (Fsp3) is 0. The molecule has 0 aliphatic carbocycles. The zero-order valence-corrected chi connectivity index (χ0v) is 10.4. The number of nitrogen functional groups attached to an aromatic ring is 1. The number of carbonyl (C=O) groups excluding carboxylic acids is 1. The van der Waals surface area contributed by atoms with E-state index in [-0.39, 0.29) is 11.7 Å². The maximum Gasteiger partial charge on any atom is 0.308 e. The van der Waals surface area contributed by atoms with Gasteiger partial charge in [0, 0.05) is 11.6 Å². The molecule has 0 unspecified atom stereocenters. The minimum Gasteiger partial charge on any atom is -0.368 e. The Labute approximate surface area is 114 Å². The molecule has 7 nitrogen and oxygen atoms in total. The summed E-state index contributed by atoms with van der Waals surface area (Å²) in [6.07, 6.45) is 3.03. The van der Waals surface area contributed by atoms with Crippen LogP contribution in [0.15, 0.2) is 53.3 Å². The second-order valence-corrected chi connectivity index (χ2v) is 4.04. The number of amides is 1. The molecule has 20 heavy (non-hydrogen) atoms. The van der Waals surface area contributed by atoms with Gasteiger partial charge in [0.25, 0.3) is 0 Å². The number of nitrogens with zero attached hydrogens (tertiary/aromatic N) is 3. The molecule has 1 aromatic carbocycles. The minimum absolute atomic E-state index is 0.0966. The summed E-state index contributed by atoms with van der Waals surface area (Å²) in [5.74, 6) is -0.178. The van der Waals surface area contributed by atoms with Gasteiger partial charge in [-0.15, -0.1) is 0 Å². The van der Waals surface area contributed by atoms with Gasteiger partial charge in [-0.05, 0) is 0 Å². The van der Waals surface area contributed by atoms with Gasteiger partial charge in [0.05, 0.1) is 18.1 Å². The van der Waals surface area contributed by atoms with Crippen LogP contribution in [0, 0.1) is 0 Å². The topological polar surface area (TPSA) is 99.0 Å². The number of nitrogens with two attached hydrogens (primary N) is 1. The van der Waals surface area contributed by atoms with E-state index in [1.807, 2.05) is 30.3 Å². The number of anilines is 1. The quantitative estimate of drug-likeness (QED) is 0.750. The largest absolute Gasteiger partial charge is 0.368 e. The first-order valence-electron chi connectivity index (χ1n) is 5.86. The second-order valence-electron chi connectivity index (χ2n) is 4.04. The SMILES string of the molecule is Nc1nc(-c2ccccc2)cn1NC(=O)c1ccno1. The smallest absolute Gasteiger partial charge is 0.308 e. The van der Waals surface area contributed by atoms with Crippen molar-refractivity contribution >= 4 is 11.9 Å². The van der Waals surface area contributed by atoms with Crippen molar-refractivity contribution in [2.75, 3.05) is 11.2 Å². The van der Waals surface area contributed by atoms with E-state index in [9.17, 15) is 4.79 Å². The lowest BCUT2D eigenvalue weighted by atomic mass is 10.2. The molecule has 0 radical (unpaired) electrons. The summed E-state index contributed by atoms with van der Waals surface area (Å²) in [4.78, 5) is 16.0. The van der Waals surface area contributed by atoms with Crippen molar-refractivity contribution < 1.29 is 9.32 Å². The van der Waals surface area contributed by atoms with Crippen LogP contribution in [0.3, 0.4) is 0 Å². The lowest BCUT2D eigenvalue weighted by Gasteiger charge is -2.03. The molecular weight excluding hydrogens is 258 g/mol. The van der Waals surface area contributed by atoms with Crippen molar-refractivity contribution in [2.24, 2.45) is 0 Å². The number of hydrogen-bond donors (Lipinski definition) is 2. The average molecular weight is 269 g/mol. The van der Waals surface area contributed by atoms with Crippen LogP contribution in [0.1, 0.15) is 10.6 Å². The highest BCUT2D eigenvalue weighted by Gasteiger charge is 2.13. The highest BCUT2D eigenvalue weighted by molar-refractivity contribution is 5.97. The van der Waals surface area contributed by atoms with Crippen LogP contribution >= 0.6 is 0 Å². The summed E-state index contributed by atoms with van der Waals surface area (Å²) in [6.45, 7) is 0. The van der Waals surface area contributed by atoms with Gasteiger partial charge in [-0.25, -0.2) is 9.66 Å². The van der Waals surface area contributed by atoms with Crippen LogP contribution in [-0.4, -0.2) is 20.7 Å². The molecule has 2 aromatic heterocycles. The van der Waals surface area contributed by atoms with E-state index in [1.165, 1.54) is 16.9 Å². The second kappa shape index (κ2) is 4.88. The van der Waals surface area contributed by atoms with Crippen molar-refractivity contribution in [3.63, 3.8) is 0 Å². The third-order valence-electron chi connectivity index (χ3n) is 2.69. The molecule has 0 bridgehead atoms. The molecule has 3 N–H and O–H groups in total. The summed E-state index contributed by atoms with van der Waals surface area (Å²) in [7, 11) is 0. The summed E-state index contributed by atoms with van der Waals surface area (Å²) < 4.78 is 6.10. The fourth-order valence-electron chi connectivity index (χ4n) is 1.73. The number of nitrogens with one attached hydrogen (secondary N) is 1. The molecule has 100 valence electrons. The van der Waals surface area contributed by atoms with Crippen LogP contribution in [-0.2, 0) is 0 Å². The third-order valence-corrected chi connectivity index (χ3v) is 2.69. The van der Waals surface area contributed by atoms with Gasteiger partial charge >= 0.3 is 5.91 Å². The molecule has 0 saturated carbocycles. The highest BCUT2D eigenvalue weighted by Crippen LogP contribution is 2.18. The van der Waals surface area contributed by atoms with Crippen molar-refractivity contribution in [2.45, 2.75) is 0 Å². The van der Waals surface area contributed by atoms with Crippen molar-refractivity contribution in [3.05, 3.63) is 54.6 Å². The first-order valence-corrected chi connectivity index (χ1v) is 5.86. The Hall–Kier alpha value is -3.09. The molecule has 0 spiro atoms. The molecule has 3 rings (SSSR count). The standard InChI is InChI=1S/C13H11N5O2/c14-13-16-10(9-4-2-1-3-5-9)8-18(13)17-12(19)11-6-7-15-20-11/h1-8H,(H2,14,16)(H,17,19). The maximum absolute atomic E-state index is 11.8. The van der Waals surface area contributed by atoms with Crippen LogP contribution < -0.4 is 11.2 Å². The van der Waals surface area contributed by atoms with Crippen molar-refractivity contribution in [1.29, 1.82) is 0 Å². The number of imidazole rings is 1. The molecule has 2 heterocycles. The van der Waals surface area contributed by atoms with Gasteiger partial charge < -0.3 is 10.3 Å². The Balaban J connectivity index is 1.85. The first-order chi connectivity index (χ1) is 9.74. The third kappa shape index (κ3) is 2.24. The van der Waals surface area contributed by atoms with E-state index in [2.05, 4.69) is 15.6 Å².